The van der Waals surface area contributed by atoms with Crippen molar-refractivity contribution in [2.45, 2.75) is 13.1 Å². The largest absolute Gasteiger partial charge is 0.401 e. The summed E-state index contributed by atoms with van der Waals surface area (Å²) in [4.78, 5) is 0. The quantitative estimate of drug-likeness (QED) is 0.760. The summed E-state index contributed by atoms with van der Waals surface area (Å²) in [6.45, 7) is 16.5. The van der Waals surface area contributed by atoms with Gasteiger partial charge in [-0.25, -0.2) is 0 Å². The molecule has 0 spiro atoms. The molecule has 2 radical (unpaired) electrons. The van der Waals surface area contributed by atoms with E-state index in [1.807, 2.05) is 6.20 Å². The van der Waals surface area contributed by atoms with E-state index in [1.54, 1.807) is 0 Å². The summed E-state index contributed by atoms with van der Waals surface area (Å²) in [5.41, 5.74) is 4.15. The predicted molar refractivity (Wildman–Crippen MR) is 72.3 cm³/mol. The molecule has 0 aliphatic carbocycles. The molecular formula is C9H19N3Si3. The Labute approximate surface area is 97.5 Å². The second-order valence-corrected chi connectivity index (χ2v) is 14.0. The van der Waals surface area contributed by atoms with Gasteiger partial charge in [0.25, 0.3) is 18.2 Å². The number of rotatable bonds is 3. The molecule has 15 heavy (non-hydrogen) atoms. The van der Waals surface area contributed by atoms with Gasteiger partial charge in [-0.05, 0) is 26.3 Å². The Morgan fingerprint density at radius 3 is 2.13 bits per heavy atom. The van der Waals surface area contributed by atoms with Crippen LogP contribution in [0.15, 0.2) is 37.3 Å². The minimum atomic E-state index is -1.91. The first-order chi connectivity index (χ1) is 6.94. The van der Waals surface area contributed by atoms with Gasteiger partial charge < -0.3 is 13.1 Å². The average Bonchev–Trinajstić information content (AvgIpc) is 2.22. The first kappa shape index (κ1) is 12.7. The molecule has 0 atom stereocenters. The van der Waals surface area contributed by atoms with E-state index in [1.165, 1.54) is 0 Å². The third kappa shape index (κ3) is 1.83. The standard InChI is InChI=1S/C9H19N3Si3/c1-7-12-13-10-14(5,6)11(4)15(12,8-2)9-3/h7-10H,1-3H2,4-6H3. The molecule has 0 amide bonds. The van der Waals surface area contributed by atoms with Crippen molar-refractivity contribution in [3.63, 3.8) is 0 Å². The zero-order chi connectivity index (χ0) is 11.7. The van der Waals surface area contributed by atoms with Crippen molar-refractivity contribution in [2.75, 3.05) is 7.05 Å². The molecule has 1 saturated heterocycles. The molecule has 1 N–H and O–H groups in total. The van der Waals surface area contributed by atoms with E-state index in [2.05, 4.69) is 64.4 Å². The van der Waals surface area contributed by atoms with Gasteiger partial charge in [-0.15, -0.1) is 13.2 Å². The van der Waals surface area contributed by atoms with Crippen molar-refractivity contribution in [3.8, 4) is 0 Å². The zero-order valence-electron chi connectivity index (χ0n) is 9.75. The van der Waals surface area contributed by atoms with Crippen molar-refractivity contribution >= 4 is 26.6 Å². The van der Waals surface area contributed by atoms with Gasteiger partial charge in [0.1, 0.15) is 0 Å². The van der Waals surface area contributed by atoms with Crippen molar-refractivity contribution in [1.82, 2.24) is 13.1 Å². The molecule has 0 saturated carbocycles. The van der Waals surface area contributed by atoms with Crippen LogP contribution in [0.4, 0.5) is 0 Å². The van der Waals surface area contributed by atoms with E-state index in [0.29, 0.717) is 9.84 Å². The van der Waals surface area contributed by atoms with E-state index in [0.717, 1.165) is 0 Å². The summed E-state index contributed by atoms with van der Waals surface area (Å²) in [7, 11) is -0.639. The van der Waals surface area contributed by atoms with Crippen LogP contribution in [-0.2, 0) is 0 Å². The third-order valence-corrected chi connectivity index (χ3v) is 15.4. The van der Waals surface area contributed by atoms with Crippen molar-refractivity contribution in [2.24, 2.45) is 0 Å². The second-order valence-electron chi connectivity index (χ2n) is 4.10. The fraction of sp³-hybridized carbons (Fsp3) is 0.333. The highest BCUT2D eigenvalue weighted by Crippen LogP contribution is 2.24. The number of nitrogens with zero attached hydrogens (tertiary/aromatic N) is 2. The van der Waals surface area contributed by atoms with Crippen LogP contribution in [0.5, 0.6) is 0 Å². The molecule has 0 unspecified atom stereocenters. The molecule has 82 valence electrons. The second kappa shape index (κ2) is 4.22. The van der Waals surface area contributed by atoms with E-state index in [9.17, 15) is 0 Å². The molecule has 1 fully saturated rings. The van der Waals surface area contributed by atoms with Gasteiger partial charge in [0.2, 0.25) is 0 Å². The van der Waals surface area contributed by atoms with Gasteiger partial charge in [-0.3, -0.25) is 0 Å². The van der Waals surface area contributed by atoms with Crippen LogP contribution in [0, 0.1) is 0 Å². The van der Waals surface area contributed by atoms with Crippen LogP contribution in [-0.4, -0.2) is 42.1 Å². The van der Waals surface area contributed by atoms with Gasteiger partial charge in [0.05, 0.1) is 0 Å². The normalized spacial score (nSPS) is 24.6. The molecule has 1 rings (SSSR count). The lowest BCUT2D eigenvalue weighted by molar-refractivity contribution is 0.642. The lowest BCUT2D eigenvalue weighted by Gasteiger charge is -2.54. The maximum Gasteiger partial charge on any atom is 0.273 e. The first-order valence-electron chi connectivity index (χ1n) is 4.90. The number of hydrogen-bond donors (Lipinski definition) is 1. The van der Waals surface area contributed by atoms with Gasteiger partial charge in [-0.1, -0.05) is 18.0 Å². The van der Waals surface area contributed by atoms with Crippen LogP contribution in [0.2, 0.25) is 13.1 Å². The SMILES string of the molecule is C=CN1[Si]N[Si](C)(C)N(C)[Si]1(C=C)C=C. The minimum Gasteiger partial charge on any atom is -0.401 e. The Morgan fingerprint density at radius 2 is 1.73 bits per heavy atom. The molecule has 1 aliphatic rings. The summed E-state index contributed by atoms with van der Waals surface area (Å²) in [5.74, 6) is 0. The number of nitrogens with one attached hydrogen (secondary N) is 1. The van der Waals surface area contributed by atoms with E-state index >= 15 is 0 Å². The Bertz CT molecular complexity index is 282. The van der Waals surface area contributed by atoms with Crippen molar-refractivity contribution in [1.29, 1.82) is 0 Å². The highest BCUT2D eigenvalue weighted by molar-refractivity contribution is 7.01. The molecule has 3 nitrogen and oxygen atoms in total. The van der Waals surface area contributed by atoms with Crippen LogP contribution >= 0.6 is 0 Å². The van der Waals surface area contributed by atoms with Gasteiger partial charge >= 0.3 is 0 Å². The summed E-state index contributed by atoms with van der Waals surface area (Å²) in [6, 6.07) is 0. The Balaban J connectivity index is 3.18. The van der Waals surface area contributed by atoms with Gasteiger partial charge in [-0.2, -0.15) is 0 Å². The Morgan fingerprint density at radius 1 is 1.20 bits per heavy atom. The summed E-state index contributed by atoms with van der Waals surface area (Å²) in [5, 5.41) is 0. The van der Waals surface area contributed by atoms with Crippen LogP contribution in [0.1, 0.15) is 0 Å². The fourth-order valence-electron chi connectivity index (χ4n) is 1.73. The Hall–Kier alpha value is -0.409. The topological polar surface area (TPSA) is 18.5 Å². The van der Waals surface area contributed by atoms with Crippen LogP contribution in [0.25, 0.3) is 0 Å². The smallest absolute Gasteiger partial charge is 0.273 e. The lowest BCUT2D eigenvalue weighted by Crippen LogP contribution is -2.80. The Kier molecular flexibility index (Phi) is 3.56. The summed E-state index contributed by atoms with van der Waals surface area (Å²) < 4.78 is 8.36. The lowest BCUT2D eigenvalue weighted by atomic mass is 11.1. The average molecular weight is 254 g/mol. The maximum atomic E-state index is 4.00. The van der Waals surface area contributed by atoms with Crippen LogP contribution in [0.3, 0.4) is 0 Å². The molecule has 0 bridgehead atoms. The highest BCUT2D eigenvalue weighted by atomic mass is 28.5. The molecule has 1 heterocycles. The van der Waals surface area contributed by atoms with E-state index in [-0.39, 0.29) is 0 Å². The summed E-state index contributed by atoms with van der Waals surface area (Å²) >= 11 is 0. The molecule has 0 aromatic carbocycles. The predicted octanol–water partition coefficient (Wildman–Crippen LogP) is 1.10. The third-order valence-electron chi connectivity index (χ3n) is 3.03. The van der Waals surface area contributed by atoms with Crippen LogP contribution < -0.4 is 4.65 Å². The molecule has 0 aromatic heterocycles. The molecule has 1 aliphatic heterocycles. The first-order valence-corrected chi connectivity index (χ1v) is 10.8. The zero-order valence-corrected chi connectivity index (χ0v) is 12.7. The highest BCUT2D eigenvalue weighted by Gasteiger charge is 2.49. The molecular weight excluding hydrogens is 234 g/mol. The van der Waals surface area contributed by atoms with Crippen molar-refractivity contribution in [3.05, 3.63) is 37.3 Å². The maximum absolute atomic E-state index is 4.00. The van der Waals surface area contributed by atoms with Gasteiger partial charge in [0, 0.05) is 0 Å². The fourth-order valence-corrected chi connectivity index (χ4v) is 13.3. The van der Waals surface area contributed by atoms with Crippen molar-refractivity contribution < 1.29 is 0 Å². The van der Waals surface area contributed by atoms with Gasteiger partial charge in [0.15, 0.2) is 8.40 Å². The number of hydrogen-bond acceptors (Lipinski definition) is 3. The van der Waals surface area contributed by atoms with E-state index < -0.39 is 16.8 Å². The molecule has 0 aromatic rings. The summed E-state index contributed by atoms with van der Waals surface area (Å²) in [6.07, 6.45) is 1.90. The molecule has 6 heteroatoms. The monoisotopic (exact) mass is 253 g/mol. The minimum absolute atomic E-state index is 0.600. The van der Waals surface area contributed by atoms with E-state index in [4.69, 9.17) is 0 Å².